The van der Waals surface area contributed by atoms with Gasteiger partial charge in [0, 0.05) is 29.7 Å². The molecule has 0 bridgehead atoms. The number of carbonyl (C=O) groups excluding carboxylic acids is 2. The first-order valence-corrected chi connectivity index (χ1v) is 9.68. The summed E-state index contributed by atoms with van der Waals surface area (Å²) >= 11 is 0. The van der Waals surface area contributed by atoms with Gasteiger partial charge in [0.2, 0.25) is 0 Å². The number of ether oxygens (including phenoxy) is 2. The molecule has 0 saturated carbocycles. The Bertz CT molecular complexity index is 1370. The second-order valence-corrected chi connectivity index (χ2v) is 6.80. The van der Waals surface area contributed by atoms with Gasteiger partial charge in [-0.25, -0.2) is 23.9 Å². The van der Waals surface area contributed by atoms with Gasteiger partial charge in [-0.1, -0.05) is 18.2 Å². The number of fused-ring (bicyclic) bond motifs is 1. The second kappa shape index (κ2) is 8.79. The van der Waals surface area contributed by atoms with Crippen LogP contribution in [0, 0.1) is 0 Å². The molecule has 166 valence electrons. The van der Waals surface area contributed by atoms with E-state index in [0.717, 1.165) is 0 Å². The number of carboxylic acid groups (broad SMARTS) is 1. The maximum atomic E-state index is 12.7. The number of esters is 2. The number of benzene rings is 1. The van der Waals surface area contributed by atoms with Gasteiger partial charge in [-0.05, 0) is 30.4 Å². The SMILES string of the molecule is COC(=O)C1=C(C(=O)OC)N(c2cccc(-c3ccnc4cc(C(=O)O)nn34)c2)C=CC=C1. The summed E-state index contributed by atoms with van der Waals surface area (Å²) < 4.78 is 11.2. The van der Waals surface area contributed by atoms with Crippen molar-refractivity contribution in [2.45, 2.75) is 0 Å². The van der Waals surface area contributed by atoms with Crippen molar-refractivity contribution in [3.8, 4) is 11.3 Å². The summed E-state index contributed by atoms with van der Waals surface area (Å²) in [6.07, 6.45) is 7.93. The average Bonchev–Trinajstić information content (AvgIpc) is 3.16. The number of aromatic nitrogens is 3. The summed E-state index contributed by atoms with van der Waals surface area (Å²) in [4.78, 5) is 42.0. The number of carbonyl (C=O) groups is 3. The molecule has 0 unspecified atom stereocenters. The molecule has 10 heteroatoms. The van der Waals surface area contributed by atoms with Crippen LogP contribution in [0.1, 0.15) is 10.5 Å². The normalized spacial score (nSPS) is 13.2. The molecule has 0 fully saturated rings. The molecule has 0 aliphatic carbocycles. The molecule has 0 spiro atoms. The highest BCUT2D eigenvalue weighted by Gasteiger charge is 2.27. The lowest BCUT2D eigenvalue weighted by molar-refractivity contribution is -0.139. The summed E-state index contributed by atoms with van der Waals surface area (Å²) in [6.45, 7) is 0. The molecular formula is C23H18N4O6. The highest BCUT2D eigenvalue weighted by molar-refractivity contribution is 6.05. The largest absolute Gasteiger partial charge is 0.476 e. The maximum Gasteiger partial charge on any atom is 0.356 e. The molecule has 33 heavy (non-hydrogen) atoms. The van der Waals surface area contributed by atoms with Crippen LogP contribution in [-0.4, -0.2) is 51.8 Å². The first-order chi connectivity index (χ1) is 15.9. The van der Waals surface area contributed by atoms with Crippen LogP contribution in [-0.2, 0) is 19.1 Å². The third-order valence-electron chi connectivity index (χ3n) is 4.89. The fourth-order valence-corrected chi connectivity index (χ4v) is 3.40. The number of hydrogen-bond acceptors (Lipinski definition) is 8. The third kappa shape index (κ3) is 3.97. The molecule has 10 nitrogen and oxygen atoms in total. The highest BCUT2D eigenvalue weighted by atomic mass is 16.5. The molecule has 1 aliphatic rings. The maximum absolute atomic E-state index is 12.7. The van der Waals surface area contributed by atoms with Gasteiger partial charge in [-0.15, -0.1) is 0 Å². The Kier molecular flexibility index (Phi) is 5.73. The summed E-state index contributed by atoms with van der Waals surface area (Å²) in [5.74, 6) is -2.57. The summed E-state index contributed by atoms with van der Waals surface area (Å²) in [6, 6.07) is 10.2. The van der Waals surface area contributed by atoms with Crippen molar-refractivity contribution in [2.24, 2.45) is 0 Å². The fourth-order valence-electron chi connectivity index (χ4n) is 3.40. The number of allylic oxidation sites excluding steroid dienone is 2. The van der Waals surface area contributed by atoms with Crippen molar-refractivity contribution in [3.63, 3.8) is 0 Å². The lowest BCUT2D eigenvalue weighted by Gasteiger charge is -2.23. The van der Waals surface area contributed by atoms with E-state index >= 15 is 0 Å². The third-order valence-corrected chi connectivity index (χ3v) is 4.89. The smallest absolute Gasteiger partial charge is 0.356 e. The van der Waals surface area contributed by atoms with Crippen LogP contribution < -0.4 is 4.90 Å². The molecule has 2 aromatic heterocycles. The van der Waals surface area contributed by atoms with Crippen molar-refractivity contribution in [1.29, 1.82) is 0 Å². The predicted molar refractivity (Wildman–Crippen MR) is 117 cm³/mol. The van der Waals surface area contributed by atoms with Gasteiger partial charge in [-0.2, -0.15) is 5.10 Å². The van der Waals surface area contributed by atoms with Crippen molar-refractivity contribution in [2.75, 3.05) is 19.1 Å². The number of carboxylic acids is 1. The van der Waals surface area contributed by atoms with Crippen LogP contribution in [0.25, 0.3) is 16.9 Å². The standard InChI is InChI=1S/C23H18N4O6/c1-32-22(30)16-8-3-4-11-26(20(16)23(31)33-2)15-7-5-6-14(12-15)18-9-10-24-19-13-17(21(28)29)25-27(18)19/h3-13H,1-2H3,(H,28,29). The zero-order chi connectivity index (χ0) is 23.5. The van der Waals surface area contributed by atoms with Crippen LogP contribution >= 0.6 is 0 Å². The second-order valence-electron chi connectivity index (χ2n) is 6.80. The van der Waals surface area contributed by atoms with Gasteiger partial charge >= 0.3 is 17.9 Å². The average molecular weight is 446 g/mol. The number of rotatable bonds is 5. The molecule has 1 aliphatic heterocycles. The Hall–Kier alpha value is -4.73. The number of nitrogens with zero attached hydrogens (tertiary/aromatic N) is 4. The van der Waals surface area contributed by atoms with Crippen molar-refractivity contribution in [1.82, 2.24) is 14.6 Å². The first kappa shape index (κ1) is 21.5. The van der Waals surface area contributed by atoms with Crippen LogP contribution in [0.4, 0.5) is 5.69 Å². The Morgan fingerprint density at radius 2 is 1.79 bits per heavy atom. The van der Waals surface area contributed by atoms with Gasteiger partial charge in [0.1, 0.15) is 5.70 Å². The number of methoxy groups -OCH3 is 2. The molecule has 1 N–H and O–H groups in total. The molecule has 3 heterocycles. The Morgan fingerprint density at radius 3 is 2.52 bits per heavy atom. The molecule has 4 rings (SSSR count). The molecule has 0 atom stereocenters. The Morgan fingerprint density at radius 1 is 1.00 bits per heavy atom. The van der Waals surface area contributed by atoms with E-state index in [1.165, 1.54) is 35.8 Å². The predicted octanol–water partition coefficient (Wildman–Crippen LogP) is 2.58. The topological polar surface area (TPSA) is 123 Å². The lowest BCUT2D eigenvalue weighted by Crippen LogP contribution is -2.27. The van der Waals surface area contributed by atoms with E-state index in [2.05, 4.69) is 10.1 Å². The van der Waals surface area contributed by atoms with Crippen LogP contribution in [0.5, 0.6) is 0 Å². The minimum atomic E-state index is -1.16. The summed E-state index contributed by atoms with van der Waals surface area (Å²) in [7, 11) is 2.45. The molecule has 3 aromatic rings. The molecule has 0 radical (unpaired) electrons. The van der Waals surface area contributed by atoms with E-state index in [1.807, 2.05) is 6.07 Å². The Balaban J connectivity index is 1.87. The van der Waals surface area contributed by atoms with Gasteiger partial charge in [0.25, 0.3) is 0 Å². The van der Waals surface area contributed by atoms with E-state index < -0.39 is 17.9 Å². The highest BCUT2D eigenvalue weighted by Crippen LogP contribution is 2.30. The van der Waals surface area contributed by atoms with Gasteiger partial charge in [0.15, 0.2) is 11.3 Å². The quantitative estimate of drug-likeness (QED) is 0.589. The van der Waals surface area contributed by atoms with E-state index in [9.17, 15) is 19.5 Å². The first-order valence-electron chi connectivity index (χ1n) is 9.68. The Labute approximate surface area is 187 Å². The van der Waals surface area contributed by atoms with Gasteiger partial charge in [-0.3, -0.25) is 0 Å². The summed E-state index contributed by atoms with van der Waals surface area (Å²) in [5, 5.41) is 13.4. The number of anilines is 1. The lowest BCUT2D eigenvalue weighted by atomic mass is 10.1. The minimum absolute atomic E-state index is 0.0152. The summed E-state index contributed by atoms with van der Waals surface area (Å²) in [5.41, 5.74) is 2.06. The van der Waals surface area contributed by atoms with Crippen LogP contribution in [0.3, 0.4) is 0 Å². The van der Waals surface area contributed by atoms with Crippen LogP contribution in [0.2, 0.25) is 0 Å². The van der Waals surface area contributed by atoms with Crippen molar-refractivity contribution >= 4 is 29.2 Å². The van der Waals surface area contributed by atoms with E-state index in [1.54, 1.807) is 48.8 Å². The monoisotopic (exact) mass is 446 g/mol. The number of hydrogen-bond donors (Lipinski definition) is 1. The number of aromatic carboxylic acids is 1. The van der Waals surface area contributed by atoms with Gasteiger partial charge in [0.05, 0.1) is 25.5 Å². The zero-order valence-corrected chi connectivity index (χ0v) is 17.6. The molecule has 0 amide bonds. The molecule has 0 saturated heterocycles. The van der Waals surface area contributed by atoms with E-state index in [4.69, 9.17) is 9.47 Å². The minimum Gasteiger partial charge on any atom is -0.476 e. The zero-order valence-electron chi connectivity index (χ0n) is 17.6. The van der Waals surface area contributed by atoms with Crippen molar-refractivity contribution in [3.05, 3.63) is 84.0 Å². The van der Waals surface area contributed by atoms with Gasteiger partial charge < -0.3 is 19.5 Å². The van der Waals surface area contributed by atoms with E-state index in [-0.39, 0.29) is 17.0 Å². The van der Waals surface area contributed by atoms with Crippen LogP contribution in [0.15, 0.2) is 78.3 Å². The molecular weight excluding hydrogens is 428 g/mol. The fraction of sp³-hybridized carbons (Fsp3) is 0.0870. The molecule has 1 aromatic carbocycles. The van der Waals surface area contributed by atoms with Crippen molar-refractivity contribution < 1.29 is 29.0 Å². The van der Waals surface area contributed by atoms with E-state index in [0.29, 0.717) is 22.6 Å².